The number of hydrogen-bond donors (Lipinski definition) is 1. The molecule has 0 heterocycles. The van der Waals surface area contributed by atoms with Crippen LogP contribution in [0.25, 0.3) is 0 Å². The van der Waals surface area contributed by atoms with Crippen LogP contribution < -0.4 is 0 Å². The molecule has 188 valence electrons. The Bertz CT molecular complexity index is 858. The van der Waals surface area contributed by atoms with E-state index in [1.807, 2.05) is 0 Å². The molecule has 1 N–H and O–H groups in total. The Morgan fingerprint density at radius 1 is 0.735 bits per heavy atom. The van der Waals surface area contributed by atoms with Crippen molar-refractivity contribution in [2.75, 3.05) is 0 Å². The highest BCUT2D eigenvalue weighted by Crippen LogP contribution is 2.60. The highest BCUT2D eigenvalue weighted by atomic mass is 16.6. The highest BCUT2D eigenvalue weighted by molar-refractivity contribution is 5.87. The lowest BCUT2D eigenvalue weighted by molar-refractivity contribution is -0.217. The van der Waals surface area contributed by atoms with Crippen molar-refractivity contribution in [2.24, 2.45) is 35.5 Å². The molecule has 0 aliphatic heterocycles. The third kappa shape index (κ3) is 4.27. The number of hydrogen-bond acceptors (Lipinski definition) is 5. The summed E-state index contributed by atoms with van der Waals surface area (Å²) in [5, 5.41) is 10.5. The molecule has 0 radical (unpaired) electrons. The minimum Gasteiger partial charge on any atom is -0.456 e. The number of aliphatic hydroxyl groups is 1. The van der Waals surface area contributed by atoms with Crippen molar-refractivity contribution in [2.45, 2.75) is 108 Å². The predicted octanol–water partition coefficient (Wildman–Crippen LogP) is 5.51. The third-order valence-electron chi connectivity index (χ3n) is 10.1. The summed E-state index contributed by atoms with van der Waals surface area (Å²) in [6.45, 7) is 12.9. The van der Waals surface area contributed by atoms with Gasteiger partial charge < -0.3 is 14.6 Å². The maximum atomic E-state index is 11.8. The van der Waals surface area contributed by atoms with E-state index in [9.17, 15) is 14.7 Å². The Kier molecular flexibility index (Phi) is 5.82. The quantitative estimate of drug-likeness (QED) is 0.433. The molecule has 0 aromatic heterocycles. The number of ether oxygens (including phenoxy) is 2. The molecule has 0 amide bonds. The summed E-state index contributed by atoms with van der Waals surface area (Å²) in [5.74, 6) is 3.61. The fourth-order valence-electron chi connectivity index (χ4n) is 9.11. The topological polar surface area (TPSA) is 72.8 Å². The summed E-state index contributed by atoms with van der Waals surface area (Å²) >= 11 is 0. The van der Waals surface area contributed by atoms with E-state index < -0.39 is 11.2 Å². The Labute approximate surface area is 204 Å². The van der Waals surface area contributed by atoms with Crippen LogP contribution in [-0.4, -0.2) is 33.8 Å². The van der Waals surface area contributed by atoms with Crippen molar-refractivity contribution in [3.63, 3.8) is 0 Å². The van der Waals surface area contributed by atoms with Crippen LogP contribution in [0.2, 0.25) is 0 Å². The summed E-state index contributed by atoms with van der Waals surface area (Å²) < 4.78 is 11.5. The van der Waals surface area contributed by atoms with Gasteiger partial charge in [0.1, 0.15) is 11.2 Å². The first kappa shape index (κ1) is 24.1. The standard InChI is InChI=1S/C15H22O2.C14H20O3/c1-9(2)14(16)17-15(3)12-5-10-4-11(7-12)8-13(15)6-10;1-9(2)12(15)17-14-6-10-3-11(7-14)5-13(16,4-10)8-14/h10-13H,1,4-8H2,2-3H3;10-11,16H,1,3-8H2,2H3. The molecule has 8 fully saturated rings. The summed E-state index contributed by atoms with van der Waals surface area (Å²) in [5.41, 5.74) is -0.189. The van der Waals surface area contributed by atoms with Crippen molar-refractivity contribution in [3.8, 4) is 0 Å². The monoisotopic (exact) mass is 470 g/mol. The predicted molar refractivity (Wildman–Crippen MR) is 130 cm³/mol. The summed E-state index contributed by atoms with van der Waals surface area (Å²) in [4.78, 5) is 23.5. The molecule has 8 bridgehead atoms. The molecule has 34 heavy (non-hydrogen) atoms. The Morgan fingerprint density at radius 3 is 1.62 bits per heavy atom. The van der Waals surface area contributed by atoms with Crippen LogP contribution in [0.4, 0.5) is 0 Å². The smallest absolute Gasteiger partial charge is 0.333 e. The fourth-order valence-corrected chi connectivity index (χ4v) is 9.11. The van der Waals surface area contributed by atoms with Crippen LogP contribution in [-0.2, 0) is 19.1 Å². The van der Waals surface area contributed by atoms with Gasteiger partial charge in [0.2, 0.25) is 0 Å². The first-order valence-electron chi connectivity index (χ1n) is 13.4. The van der Waals surface area contributed by atoms with Crippen molar-refractivity contribution >= 4 is 11.9 Å². The van der Waals surface area contributed by atoms with E-state index in [0.717, 1.165) is 37.5 Å². The van der Waals surface area contributed by atoms with Gasteiger partial charge in [0.15, 0.2) is 0 Å². The largest absolute Gasteiger partial charge is 0.456 e. The van der Waals surface area contributed by atoms with Crippen LogP contribution in [0.3, 0.4) is 0 Å². The van der Waals surface area contributed by atoms with Gasteiger partial charge in [0, 0.05) is 17.6 Å². The van der Waals surface area contributed by atoms with Gasteiger partial charge in [-0.3, -0.25) is 0 Å². The minimum atomic E-state index is -0.570. The molecule has 0 spiro atoms. The van der Waals surface area contributed by atoms with Gasteiger partial charge in [-0.1, -0.05) is 13.2 Å². The van der Waals surface area contributed by atoms with Crippen LogP contribution in [0.15, 0.2) is 24.3 Å². The van der Waals surface area contributed by atoms with Gasteiger partial charge in [-0.05, 0) is 120 Å². The Balaban J connectivity index is 0.000000142. The third-order valence-corrected chi connectivity index (χ3v) is 10.1. The number of rotatable bonds is 4. The van der Waals surface area contributed by atoms with E-state index in [4.69, 9.17) is 9.47 Å². The first-order chi connectivity index (χ1) is 15.9. The van der Waals surface area contributed by atoms with Gasteiger partial charge in [-0.15, -0.1) is 0 Å². The van der Waals surface area contributed by atoms with Gasteiger partial charge >= 0.3 is 11.9 Å². The molecule has 2 atom stereocenters. The SMILES string of the molecule is C=C(C)C(=O)OC1(C)C2CC3CC(C2)CC1C3.C=C(C)C(=O)OC12CC3CC(CC(O)(C3)C1)C2. The molecule has 8 aliphatic carbocycles. The van der Waals surface area contributed by atoms with Crippen molar-refractivity contribution in [3.05, 3.63) is 24.3 Å². The number of carbonyl (C=O) groups excluding carboxylic acids is 2. The zero-order valence-corrected chi connectivity index (χ0v) is 21.2. The second kappa shape index (κ2) is 8.21. The number of esters is 2. The van der Waals surface area contributed by atoms with Crippen LogP contribution in [0.5, 0.6) is 0 Å². The van der Waals surface area contributed by atoms with E-state index in [1.165, 1.54) is 38.5 Å². The molecule has 5 heteroatoms. The van der Waals surface area contributed by atoms with Crippen molar-refractivity contribution < 1.29 is 24.2 Å². The maximum absolute atomic E-state index is 11.8. The van der Waals surface area contributed by atoms with Crippen molar-refractivity contribution in [1.82, 2.24) is 0 Å². The molecule has 0 aromatic rings. The van der Waals surface area contributed by atoms with Crippen LogP contribution >= 0.6 is 0 Å². The summed E-state index contributed by atoms with van der Waals surface area (Å²) in [6.07, 6.45) is 12.0. The second-order valence-corrected chi connectivity index (χ2v) is 13.2. The zero-order valence-electron chi connectivity index (χ0n) is 21.2. The molecule has 8 aliphatic rings. The Hall–Kier alpha value is -1.62. The fraction of sp³-hybridized carbons (Fsp3) is 0.793. The molecule has 0 saturated heterocycles. The van der Waals surface area contributed by atoms with E-state index in [-0.39, 0.29) is 17.5 Å². The first-order valence-corrected chi connectivity index (χ1v) is 13.4. The molecular weight excluding hydrogens is 428 g/mol. The Morgan fingerprint density at radius 2 is 1.18 bits per heavy atom. The van der Waals surface area contributed by atoms with Crippen molar-refractivity contribution in [1.29, 1.82) is 0 Å². The lowest BCUT2D eigenvalue weighted by Gasteiger charge is -2.59. The molecule has 5 nitrogen and oxygen atoms in total. The lowest BCUT2D eigenvalue weighted by Crippen LogP contribution is -2.60. The lowest BCUT2D eigenvalue weighted by atomic mass is 9.50. The van der Waals surface area contributed by atoms with Crippen LogP contribution in [0, 0.1) is 35.5 Å². The maximum Gasteiger partial charge on any atom is 0.333 e. The minimum absolute atomic E-state index is 0.194. The summed E-state index contributed by atoms with van der Waals surface area (Å²) in [7, 11) is 0. The van der Waals surface area contributed by atoms with Gasteiger partial charge in [0.25, 0.3) is 0 Å². The summed E-state index contributed by atoms with van der Waals surface area (Å²) in [6, 6.07) is 0. The number of carbonyl (C=O) groups is 2. The molecule has 2 unspecified atom stereocenters. The molecule has 8 rings (SSSR count). The second-order valence-electron chi connectivity index (χ2n) is 13.2. The van der Waals surface area contributed by atoms with Crippen LogP contribution in [0.1, 0.15) is 91.4 Å². The van der Waals surface area contributed by atoms with E-state index >= 15 is 0 Å². The van der Waals surface area contributed by atoms with Gasteiger partial charge in [-0.25, -0.2) is 9.59 Å². The van der Waals surface area contributed by atoms with Gasteiger partial charge in [0.05, 0.1) is 5.60 Å². The van der Waals surface area contributed by atoms with E-state index in [1.54, 1.807) is 13.8 Å². The average molecular weight is 471 g/mol. The molecule has 8 saturated carbocycles. The zero-order chi connectivity index (χ0) is 24.5. The normalized spacial score (nSPS) is 46.9. The van der Waals surface area contributed by atoms with E-state index in [2.05, 4.69) is 20.1 Å². The highest BCUT2D eigenvalue weighted by Gasteiger charge is 2.59. The van der Waals surface area contributed by atoms with E-state index in [0.29, 0.717) is 41.2 Å². The van der Waals surface area contributed by atoms with Gasteiger partial charge in [-0.2, -0.15) is 0 Å². The molecular formula is C29H42O5. The molecule has 0 aromatic carbocycles. The average Bonchev–Trinajstić information content (AvgIpc) is 2.69.